The maximum absolute atomic E-state index is 13.4. The zero-order valence-corrected chi connectivity index (χ0v) is 20.9. The predicted octanol–water partition coefficient (Wildman–Crippen LogP) is 7.67. The van der Waals surface area contributed by atoms with Gasteiger partial charge < -0.3 is 4.52 Å². The molecule has 0 aromatic heterocycles. The molecular formula is C23H27F6N2OPS. The van der Waals surface area contributed by atoms with Gasteiger partial charge in [0.1, 0.15) is 0 Å². The van der Waals surface area contributed by atoms with Crippen LogP contribution < -0.4 is 0 Å². The van der Waals surface area contributed by atoms with Crippen LogP contribution >= 0.6 is 6.57 Å². The van der Waals surface area contributed by atoms with E-state index in [0.717, 1.165) is 30.7 Å². The van der Waals surface area contributed by atoms with Crippen molar-refractivity contribution < 1.29 is 30.9 Å². The second-order valence-corrected chi connectivity index (χ2v) is 12.5. The Hall–Kier alpha value is -1.45. The molecule has 1 aliphatic heterocycles. The summed E-state index contributed by atoms with van der Waals surface area (Å²) < 4.78 is 90.3. The van der Waals surface area contributed by atoms with E-state index >= 15 is 0 Å². The highest BCUT2D eigenvalue weighted by Crippen LogP contribution is 2.69. The van der Waals surface area contributed by atoms with E-state index in [1.165, 1.54) is 12.1 Å². The first kappa shape index (κ1) is 27.1. The number of alkyl halides is 6. The first-order valence-electron chi connectivity index (χ1n) is 10.8. The minimum atomic E-state index is -4.56. The molecule has 3 atom stereocenters. The second-order valence-electron chi connectivity index (χ2n) is 8.58. The summed E-state index contributed by atoms with van der Waals surface area (Å²) in [6.45, 7) is 1.40. The molecule has 0 spiro atoms. The van der Waals surface area contributed by atoms with Crippen molar-refractivity contribution in [2.45, 2.75) is 44.7 Å². The first-order chi connectivity index (χ1) is 15.7. The lowest BCUT2D eigenvalue weighted by Gasteiger charge is -2.31. The minimum absolute atomic E-state index is 0.196. The number of halogens is 6. The van der Waals surface area contributed by atoms with Crippen molar-refractivity contribution >= 4 is 18.4 Å². The SMILES string of the molecule is CCC(C)COP1(=S)N(C)[C@@H](c2cccc(C(F)(F)F)c2)[C@H](c2cccc(C(F)(F)F)c2)N1C. The first-order valence-corrected chi connectivity index (χ1v) is 13.4. The van der Waals surface area contributed by atoms with Gasteiger partial charge in [-0.05, 0) is 67.2 Å². The quantitative estimate of drug-likeness (QED) is 0.285. The van der Waals surface area contributed by atoms with E-state index in [4.69, 9.17) is 16.3 Å². The maximum atomic E-state index is 13.4. The zero-order chi connectivity index (χ0) is 25.5. The van der Waals surface area contributed by atoms with Crippen molar-refractivity contribution in [2.75, 3.05) is 20.7 Å². The summed E-state index contributed by atoms with van der Waals surface area (Å²) in [5, 5.41) is 0. The topological polar surface area (TPSA) is 15.7 Å². The van der Waals surface area contributed by atoms with E-state index in [2.05, 4.69) is 0 Å². The van der Waals surface area contributed by atoms with Crippen LogP contribution in [0.1, 0.15) is 54.6 Å². The molecule has 188 valence electrons. The molecule has 3 nitrogen and oxygen atoms in total. The molecule has 1 fully saturated rings. The summed E-state index contributed by atoms with van der Waals surface area (Å²) in [7, 11) is 3.35. The largest absolute Gasteiger partial charge is 0.416 e. The van der Waals surface area contributed by atoms with E-state index < -0.39 is 42.1 Å². The Bertz CT molecular complexity index is 987. The summed E-state index contributed by atoms with van der Waals surface area (Å²) in [6, 6.07) is 8.23. The fraction of sp³-hybridized carbons (Fsp3) is 0.478. The van der Waals surface area contributed by atoms with E-state index in [-0.39, 0.29) is 5.92 Å². The van der Waals surface area contributed by atoms with Gasteiger partial charge in [-0.3, -0.25) is 0 Å². The van der Waals surface area contributed by atoms with Crippen molar-refractivity contribution in [2.24, 2.45) is 5.92 Å². The lowest BCUT2D eigenvalue weighted by Crippen LogP contribution is -2.22. The smallest absolute Gasteiger partial charge is 0.326 e. The molecule has 11 heteroatoms. The van der Waals surface area contributed by atoms with Crippen molar-refractivity contribution in [3.8, 4) is 0 Å². The van der Waals surface area contributed by atoms with Crippen LogP contribution in [0.25, 0.3) is 0 Å². The Morgan fingerprint density at radius 2 is 1.29 bits per heavy atom. The third-order valence-corrected chi connectivity index (χ3v) is 10.7. The number of likely N-dealkylation sites (N-methyl/N-ethyl adjacent to an activating group) is 2. The van der Waals surface area contributed by atoms with Crippen molar-refractivity contribution in [1.29, 1.82) is 0 Å². The van der Waals surface area contributed by atoms with Crippen LogP contribution in [-0.2, 0) is 28.7 Å². The van der Waals surface area contributed by atoms with Crippen LogP contribution in [0, 0.1) is 5.92 Å². The monoisotopic (exact) mass is 524 g/mol. The van der Waals surface area contributed by atoms with Gasteiger partial charge in [0.25, 0.3) is 0 Å². The van der Waals surface area contributed by atoms with Crippen LogP contribution in [0.3, 0.4) is 0 Å². The summed E-state index contributed by atoms with van der Waals surface area (Å²) in [4.78, 5) is 0. The van der Waals surface area contributed by atoms with Crippen LogP contribution in [0.2, 0.25) is 0 Å². The molecule has 34 heavy (non-hydrogen) atoms. The molecule has 2 aromatic rings. The molecule has 2 aromatic carbocycles. The maximum Gasteiger partial charge on any atom is 0.416 e. The molecule has 0 amide bonds. The average molecular weight is 525 g/mol. The van der Waals surface area contributed by atoms with Crippen LogP contribution in [0.4, 0.5) is 26.3 Å². The molecule has 1 saturated heterocycles. The Balaban J connectivity index is 2.15. The molecule has 3 rings (SSSR count). The average Bonchev–Trinajstić information content (AvgIpc) is 2.97. The minimum Gasteiger partial charge on any atom is -0.326 e. The fourth-order valence-corrected chi connectivity index (χ4v) is 7.26. The highest BCUT2D eigenvalue weighted by molar-refractivity contribution is 8.10. The summed E-state index contributed by atoms with van der Waals surface area (Å²) in [5.74, 6) is 0.196. The highest BCUT2D eigenvalue weighted by Gasteiger charge is 2.51. The third-order valence-electron chi connectivity index (χ3n) is 6.24. The van der Waals surface area contributed by atoms with Gasteiger partial charge in [0.15, 0.2) is 0 Å². The van der Waals surface area contributed by atoms with E-state index in [1.54, 1.807) is 35.6 Å². The van der Waals surface area contributed by atoms with Crippen LogP contribution in [-0.4, -0.2) is 30.0 Å². The van der Waals surface area contributed by atoms with Crippen molar-refractivity contribution in [1.82, 2.24) is 9.34 Å². The van der Waals surface area contributed by atoms with Crippen LogP contribution in [0.15, 0.2) is 48.5 Å². The van der Waals surface area contributed by atoms with E-state index in [0.29, 0.717) is 17.7 Å². The number of hydrogen-bond acceptors (Lipinski definition) is 2. The third kappa shape index (κ3) is 5.36. The van der Waals surface area contributed by atoms with Gasteiger partial charge in [-0.1, -0.05) is 44.5 Å². The fourth-order valence-electron chi connectivity index (χ4n) is 4.06. The van der Waals surface area contributed by atoms with Crippen molar-refractivity contribution in [3.63, 3.8) is 0 Å². The van der Waals surface area contributed by atoms with Gasteiger partial charge >= 0.3 is 12.4 Å². The molecule has 1 unspecified atom stereocenters. The molecule has 0 radical (unpaired) electrons. The normalized spacial score (nSPS) is 22.8. The van der Waals surface area contributed by atoms with Gasteiger partial charge in [-0.2, -0.15) is 26.3 Å². The molecule has 0 bridgehead atoms. The van der Waals surface area contributed by atoms with E-state index in [1.807, 2.05) is 13.8 Å². The number of benzene rings is 2. The summed E-state index contributed by atoms with van der Waals surface area (Å²) in [5.41, 5.74) is -1.04. The van der Waals surface area contributed by atoms with Gasteiger partial charge in [-0.15, -0.1) is 0 Å². The number of nitrogens with zero attached hydrogens (tertiary/aromatic N) is 2. The second kappa shape index (κ2) is 9.90. The zero-order valence-electron chi connectivity index (χ0n) is 19.2. The Kier molecular flexibility index (Phi) is 7.90. The molecule has 0 aliphatic carbocycles. The predicted molar refractivity (Wildman–Crippen MR) is 124 cm³/mol. The summed E-state index contributed by atoms with van der Waals surface area (Å²) >= 11 is 5.94. The Labute approximate surface area is 200 Å². The van der Waals surface area contributed by atoms with Gasteiger partial charge in [0, 0.05) is 0 Å². The Morgan fingerprint density at radius 1 is 0.882 bits per heavy atom. The van der Waals surface area contributed by atoms with Crippen molar-refractivity contribution in [3.05, 3.63) is 70.8 Å². The number of hydrogen-bond donors (Lipinski definition) is 0. The van der Waals surface area contributed by atoms with Gasteiger partial charge in [-0.25, -0.2) is 9.34 Å². The molecule has 0 N–H and O–H groups in total. The van der Waals surface area contributed by atoms with E-state index in [9.17, 15) is 26.3 Å². The molecule has 1 heterocycles. The standard InChI is InChI=1S/C23H27F6N2OPS/c1-5-15(2)14-32-33(34)30(3)20(16-8-6-10-18(12-16)22(24,25)26)21(31(33)4)17-9-7-11-19(13-17)23(27,28)29/h6-13,15,20-21H,5,14H2,1-4H3/t15?,20-,21-/m0/s1. The molecule has 0 saturated carbocycles. The molecular weight excluding hydrogens is 497 g/mol. The lowest BCUT2D eigenvalue weighted by atomic mass is 9.91. The summed E-state index contributed by atoms with van der Waals surface area (Å²) in [6.07, 6.45) is -8.27. The van der Waals surface area contributed by atoms with Gasteiger partial charge in [0.05, 0.1) is 29.8 Å². The van der Waals surface area contributed by atoms with Crippen LogP contribution in [0.5, 0.6) is 0 Å². The Morgan fingerprint density at radius 3 is 1.65 bits per heavy atom. The highest BCUT2D eigenvalue weighted by atomic mass is 32.5. The van der Waals surface area contributed by atoms with Gasteiger partial charge in [0.2, 0.25) is 6.57 Å². The molecule has 1 aliphatic rings. The lowest BCUT2D eigenvalue weighted by molar-refractivity contribution is -0.138. The number of rotatable bonds is 6.